The number of ether oxygens (including phenoxy) is 2. The zero-order chi connectivity index (χ0) is 21.3. The van der Waals surface area contributed by atoms with Crippen LogP contribution in [0.15, 0.2) is 29.2 Å². The number of sulfonamides is 1. The summed E-state index contributed by atoms with van der Waals surface area (Å²) >= 11 is 0. The average molecular weight is 437 g/mol. The summed E-state index contributed by atoms with van der Waals surface area (Å²) in [7, 11) is -3.62. The first-order valence-electron chi connectivity index (χ1n) is 11.0. The van der Waals surface area contributed by atoms with Gasteiger partial charge in [-0.05, 0) is 49.3 Å². The minimum absolute atomic E-state index is 0.130. The number of benzene rings is 1. The lowest BCUT2D eigenvalue weighted by molar-refractivity contribution is -0.0969. The summed E-state index contributed by atoms with van der Waals surface area (Å²) in [5, 5.41) is 0. The molecule has 3 aliphatic rings. The SMILES string of the molecule is CC1CC(C)CN(S(=O)(=O)c2cccc(C(=O)N3CCCC(C4OCCO4)C3)c2)C1. The molecule has 8 heteroatoms. The van der Waals surface area contributed by atoms with Gasteiger partial charge in [-0.15, -0.1) is 0 Å². The van der Waals surface area contributed by atoms with Crippen molar-refractivity contribution < 1.29 is 22.7 Å². The van der Waals surface area contributed by atoms with E-state index in [4.69, 9.17) is 9.47 Å². The molecule has 0 saturated carbocycles. The number of likely N-dealkylation sites (tertiary alicyclic amines) is 1. The lowest BCUT2D eigenvalue weighted by Gasteiger charge is -2.35. The molecule has 3 aliphatic heterocycles. The Morgan fingerprint density at radius 1 is 1.07 bits per heavy atom. The van der Waals surface area contributed by atoms with Gasteiger partial charge in [0.15, 0.2) is 6.29 Å². The molecule has 1 aromatic carbocycles. The molecule has 0 N–H and O–H groups in total. The molecule has 166 valence electrons. The Kier molecular flexibility index (Phi) is 6.48. The lowest BCUT2D eigenvalue weighted by Crippen LogP contribution is -2.44. The number of amides is 1. The van der Waals surface area contributed by atoms with Crippen LogP contribution in [0.1, 0.15) is 43.5 Å². The first-order chi connectivity index (χ1) is 14.3. The Morgan fingerprint density at radius 3 is 2.47 bits per heavy atom. The topological polar surface area (TPSA) is 76.2 Å². The highest BCUT2D eigenvalue weighted by molar-refractivity contribution is 7.89. The zero-order valence-electron chi connectivity index (χ0n) is 17.8. The van der Waals surface area contributed by atoms with Crippen LogP contribution in [-0.2, 0) is 19.5 Å². The fraction of sp³-hybridized carbons (Fsp3) is 0.682. The van der Waals surface area contributed by atoms with E-state index in [0.717, 1.165) is 19.3 Å². The van der Waals surface area contributed by atoms with Crippen LogP contribution in [0, 0.1) is 17.8 Å². The van der Waals surface area contributed by atoms with Crippen LogP contribution in [0.5, 0.6) is 0 Å². The van der Waals surface area contributed by atoms with E-state index in [0.29, 0.717) is 56.8 Å². The van der Waals surface area contributed by atoms with E-state index in [-0.39, 0.29) is 23.0 Å². The Labute approximate surface area is 179 Å². The highest BCUT2D eigenvalue weighted by atomic mass is 32.2. The van der Waals surface area contributed by atoms with Gasteiger partial charge in [0, 0.05) is 37.7 Å². The second-order valence-corrected chi connectivity index (χ2v) is 11.0. The number of carbonyl (C=O) groups is 1. The van der Waals surface area contributed by atoms with E-state index >= 15 is 0 Å². The second-order valence-electron chi connectivity index (χ2n) is 9.06. The summed E-state index contributed by atoms with van der Waals surface area (Å²) in [6.45, 7) is 7.67. The van der Waals surface area contributed by atoms with Crippen LogP contribution < -0.4 is 0 Å². The summed E-state index contributed by atoms with van der Waals surface area (Å²) in [5.41, 5.74) is 0.420. The fourth-order valence-corrected chi connectivity index (χ4v) is 6.71. The molecule has 3 unspecified atom stereocenters. The molecule has 1 aromatic rings. The van der Waals surface area contributed by atoms with Crippen LogP contribution >= 0.6 is 0 Å². The van der Waals surface area contributed by atoms with Gasteiger partial charge in [-0.25, -0.2) is 8.42 Å². The Hall–Kier alpha value is -1.48. The van der Waals surface area contributed by atoms with Crippen molar-refractivity contribution in [1.82, 2.24) is 9.21 Å². The summed E-state index contributed by atoms with van der Waals surface area (Å²) < 4.78 is 39.3. The fourth-order valence-electron chi connectivity index (χ4n) is 4.99. The van der Waals surface area contributed by atoms with Crippen LogP contribution in [-0.4, -0.2) is 69.2 Å². The minimum atomic E-state index is -3.62. The van der Waals surface area contributed by atoms with E-state index in [1.165, 1.54) is 6.07 Å². The molecule has 7 nitrogen and oxygen atoms in total. The highest BCUT2D eigenvalue weighted by Crippen LogP contribution is 2.29. The maximum absolute atomic E-state index is 13.2. The number of piperidine rings is 2. The van der Waals surface area contributed by atoms with E-state index in [1.54, 1.807) is 27.4 Å². The predicted octanol–water partition coefficient (Wildman–Crippen LogP) is 2.58. The summed E-state index contributed by atoms with van der Waals surface area (Å²) in [4.78, 5) is 15.2. The number of carbonyl (C=O) groups excluding carboxylic acids is 1. The lowest BCUT2D eigenvalue weighted by atomic mass is 9.94. The van der Waals surface area contributed by atoms with Gasteiger partial charge in [0.05, 0.1) is 18.1 Å². The molecule has 3 atom stereocenters. The van der Waals surface area contributed by atoms with E-state index in [2.05, 4.69) is 13.8 Å². The standard InChI is InChI=1S/C22H32N2O5S/c1-16-11-17(2)14-24(13-16)30(26,27)20-7-3-5-18(12-20)21(25)23-8-4-6-19(15-23)22-28-9-10-29-22/h3,5,7,12,16-17,19,22H,4,6,8-11,13-15H2,1-2H3. The van der Waals surface area contributed by atoms with Crippen molar-refractivity contribution in [2.24, 2.45) is 17.8 Å². The van der Waals surface area contributed by atoms with Gasteiger partial charge < -0.3 is 14.4 Å². The average Bonchev–Trinajstić information content (AvgIpc) is 3.28. The van der Waals surface area contributed by atoms with E-state index in [9.17, 15) is 13.2 Å². The molecule has 0 aliphatic carbocycles. The molecule has 30 heavy (non-hydrogen) atoms. The molecule has 4 rings (SSSR count). The zero-order valence-corrected chi connectivity index (χ0v) is 18.6. The number of hydrogen-bond donors (Lipinski definition) is 0. The third kappa shape index (κ3) is 4.56. The van der Waals surface area contributed by atoms with Crippen molar-refractivity contribution in [1.29, 1.82) is 0 Å². The maximum Gasteiger partial charge on any atom is 0.253 e. The first kappa shape index (κ1) is 21.7. The van der Waals surface area contributed by atoms with Gasteiger partial charge >= 0.3 is 0 Å². The molecule has 0 radical (unpaired) electrons. The molecule has 0 bridgehead atoms. The van der Waals surface area contributed by atoms with Crippen LogP contribution in [0.3, 0.4) is 0 Å². The monoisotopic (exact) mass is 436 g/mol. The molecule has 3 saturated heterocycles. The predicted molar refractivity (Wildman–Crippen MR) is 112 cm³/mol. The van der Waals surface area contributed by atoms with Crippen molar-refractivity contribution >= 4 is 15.9 Å². The normalized spacial score (nSPS) is 29.3. The summed E-state index contributed by atoms with van der Waals surface area (Å²) in [5.74, 6) is 0.695. The van der Waals surface area contributed by atoms with Gasteiger partial charge in [0.25, 0.3) is 5.91 Å². The smallest absolute Gasteiger partial charge is 0.253 e. The van der Waals surface area contributed by atoms with Gasteiger partial charge in [-0.1, -0.05) is 19.9 Å². The Balaban J connectivity index is 1.50. The largest absolute Gasteiger partial charge is 0.350 e. The maximum atomic E-state index is 13.2. The van der Waals surface area contributed by atoms with E-state index < -0.39 is 10.0 Å². The van der Waals surface area contributed by atoms with Crippen LogP contribution in [0.4, 0.5) is 0 Å². The van der Waals surface area contributed by atoms with Crippen molar-refractivity contribution in [2.75, 3.05) is 39.4 Å². The third-order valence-corrected chi connectivity index (χ3v) is 8.16. The van der Waals surface area contributed by atoms with Gasteiger partial charge in [0.2, 0.25) is 10.0 Å². The first-order valence-corrected chi connectivity index (χ1v) is 12.4. The number of hydrogen-bond acceptors (Lipinski definition) is 5. The van der Waals surface area contributed by atoms with E-state index in [1.807, 2.05) is 0 Å². The molecule has 3 fully saturated rings. The van der Waals surface area contributed by atoms with Crippen LogP contribution in [0.25, 0.3) is 0 Å². The summed E-state index contributed by atoms with van der Waals surface area (Å²) in [6.07, 6.45) is 2.65. The Bertz CT molecular complexity index is 858. The second kappa shape index (κ2) is 8.94. The minimum Gasteiger partial charge on any atom is -0.350 e. The third-order valence-electron chi connectivity index (χ3n) is 6.33. The van der Waals surface area contributed by atoms with Gasteiger partial charge in [-0.2, -0.15) is 4.31 Å². The highest BCUT2D eigenvalue weighted by Gasteiger charge is 2.34. The van der Waals surface area contributed by atoms with Crippen molar-refractivity contribution in [3.63, 3.8) is 0 Å². The number of rotatable bonds is 4. The van der Waals surface area contributed by atoms with Crippen molar-refractivity contribution in [2.45, 2.75) is 44.3 Å². The van der Waals surface area contributed by atoms with Crippen molar-refractivity contribution in [3.8, 4) is 0 Å². The van der Waals surface area contributed by atoms with Gasteiger partial charge in [-0.3, -0.25) is 4.79 Å². The quantitative estimate of drug-likeness (QED) is 0.725. The van der Waals surface area contributed by atoms with Gasteiger partial charge in [0.1, 0.15) is 0 Å². The van der Waals surface area contributed by atoms with Crippen molar-refractivity contribution in [3.05, 3.63) is 29.8 Å². The molecular weight excluding hydrogens is 404 g/mol. The van der Waals surface area contributed by atoms with Crippen LogP contribution in [0.2, 0.25) is 0 Å². The summed E-state index contributed by atoms with van der Waals surface area (Å²) in [6, 6.07) is 6.50. The Morgan fingerprint density at radius 2 is 1.77 bits per heavy atom. The molecule has 0 spiro atoms. The molecule has 3 heterocycles. The molecular formula is C22H32N2O5S. The number of nitrogens with zero attached hydrogens (tertiary/aromatic N) is 2. The molecule has 1 amide bonds. The molecule has 0 aromatic heterocycles.